The molecule has 0 aliphatic carbocycles. The lowest BCUT2D eigenvalue weighted by atomic mass is 10.2. The molecule has 0 aromatic carbocycles. The molecule has 0 saturated heterocycles. The van der Waals surface area contributed by atoms with Gasteiger partial charge in [-0.1, -0.05) is 67.7 Å². The zero-order valence-corrected chi connectivity index (χ0v) is 22.1. The van der Waals surface area contributed by atoms with Gasteiger partial charge in [-0.3, -0.25) is 0 Å². The summed E-state index contributed by atoms with van der Waals surface area (Å²) in [6.07, 6.45) is 8.84. The summed E-state index contributed by atoms with van der Waals surface area (Å²) in [5, 5.41) is 0.331. The Bertz CT molecular complexity index is 330. The molecule has 0 heterocycles. The van der Waals surface area contributed by atoms with Crippen LogP contribution in [0.5, 0.6) is 0 Å². The van der Waals surface area contributed by atoms with Crippen molar-refractivity contribution in [1.29, 1.82) is 0 Å². The summed E-state index contributed by atoms with van der Waals surface area (Å²) >= 11 is 0. The van der Waals surface area contributed by atoms with Crippen LogP contribution in [0.25, 0.3) is 0 Å². The van der Waals surface area contributed by atoms with Gasteiger partial charge in [0.25, 0.3) is 0 Å². The van der Waals surface area contributed by atoms with E-state index in [1.54, 1.807) is 0 Å². The first-order valence-electron chi connectivity index (χ1n) is 12.1. The Morgan fingerprint density at radius 2 is 0.964 bits per heavy atom. The molecule has 0 bridgehead atoms. The smallest absolute Gasteiger partial charge is 0.417 e. The van der Waals surface area contributed by atoms with Gasteiger partial charge in [-0.15, -0.1) is 0 Å². The van der Waals surface area contributed by atoms with Gasteiger partial charge in [0, 0.05) is 31.6 Å². The van der Waals surface area contributed by atoms with Crippen LogP contribution in [0.15, 0.2) is 0 Å². The normalized spacial score (nSPS) is 13.8. The largest absolute Gasteiger partial charge is 0.503 e. The standard InChI is InChI=1S/C22H50O4Si2/c1-8-15-16-17-22(27(13-6,14-7)23-18-9-2)28(24-19-10-3,25-20-11-4)26-21-12-5/h22H,8-21H2,1-7H3. The molecule has 1 unspecified atom stereocenters. The minimum Gasteiger partial charge on any atom is -0.417 e. The Labute approximate surface area is 178 Å². The molecule has 4 nitrogen and oxygen atoms in total. The van der Waals surface area contributed by atoms with Crippen molar-refractivity contribution < 1.29 is 17.7 Å². The quantitative estimate of drug-likeness (QED) is 0.151. The zero-order chi connectivity index (χ0) is 21.3. The fourth-order valence-corrected chi connectivity index (χ4v) is 15.0. The maximum absolute atomic E-state index is 6.75. The van der Waals surface area contributed by atoms with Crippen LogP contribution in [0.4, 0.5) is 0 Å². The summed E-state index contributed by atoms with van der Waals surface area (Å²) in [5.41, 5.74) is 0. The highest BCUT2D eigenvalue weighted by Crippen LogP contribution is 2.43. The van der Waals surface area contributed by atoms with E-state index in [4.69, 9.17) is 17.7 Å². The third kappa shape index (κ3) is 8.96. The van der Waals surface area contributed by atoms with Gasteiger partial charge >= 0.3 is 8.80 Å². The van der Waals surface area contributed by atoms with Crippen molar-refractivity contribution in [3.05, 3.63) is 0 Å². The van der Waals surface area contributed by atoms with Crippen LogP contribution in [-0.4, -0.2) is 43.5 Å². The van der Waals surface area contributed by atoms with Crippen LogP contribution in [0.2, 0.25) is 17.3 Å². The van der Waals surface area contributed by atoms with Crippen molar-refractivity contribution in [2.45, 2.75) is 117 Å². The predicted molar refractivity (Wildman–Crippen MR) is 125 cm³/mol. The summed E-state index contributed by atoms with van der Waals surface area (Å²) in [4.78, 5) is 0. The van der Waals surface area contributed by atoms with E-state index in [-0.39, 0.29) is 0 Å². The van der Waals surface area contributed by atoms with E-state index < -0.39 is 17.1 Å². The molecular weight excluding hydrogens is 384 g/mol. The van der Waals surface area contributed by atoms with Crippen LogP contribution >= 0.6 is 0 Å². The SMILES string of the molecule is CCCCCC([Si](CC)(CC)OCCC)[Si](OCCC)(OCCC)OCCC. The molecule has 0 aromatic rings. The molecule has 0 spiro atoms. The van der Waals surface area contributed by atoms with Crippen molar-refractivity contribution in [2.75, 3.05) is 26.4 Å². The Balaban J connectivity index is 6.10. The number of hydrogen-bond donors (Lipinski definition) is 0. The zero-order valence-electron chi connectivity index (χ0n) is 20.1. The summed E-state index contributed by atoms with van der Waals surface area (Å²) in [6, 6.07) is 2.21. The number of rotatable bonds is 20. The lowest BCUT2D eigenvalue weighted by Gasteiger charge is -2.45. The van der Waals surface area contributed by atoms with E-state index in [1.807, 2.05) is 0 Å². The van der Waals surface area contributed by atoms with Crippen molar-refractivity contribution in [3.8, 4) is 0 Å². The van der Waals surface area contributed by atoms with Crippen molar-refractivity contribution in [1.82, 2.24) is 0 Å². The predicted octanol–water partition coefficient (Wildman–Crippen LogP) is 7.11. The highest BCUT2D eigenvalue weighted by Gasteiger charge is 2.59. The van der Waals surface area contributed by atoms with Crippen LogP contribution in [-0.2, 0) is 17.7 Å². The molecule has 0 rings (SSSR count). The average Bonchev–Trinajstić information content (AvgIpc) is 2.73. The van der Waals surface area contributed by atoms with E-state index in [1.165, 1.54) is 19.3 Å². The fourth-order valence-electron chi connectivity index (χ4n) is 3.87. The van der Waals surface area contributed by atoms with Crippen molar-refractivity contribution in [3.63, 3.8) is 0 Å². The molecule has 28 heavy (non-hydrogen) atoms. The van der Waals surface area contributed by atoms with Gasteiger partial charge in [-0.2, -0.15) is 0 Å². The molecule has 0 aromatic heterocycles. The van der Waals surface area contributed by atoms with Crippen LogP contribution in [0.3, 0.4) is 0 Å². The first kappa shape index (κ1) is 28.3. The lowest BCUT2D eigenvalue weighted by Crippen LogP contribution is -2.61. The number of hydrogen-bond acceptors (Lipinski definition) is 4. The summed E-state index contributed by atoms with van der Waals surface area (Å²) < 4.78 is 26.6. The second kappa shape index (κ2) is 17.0. The van der Waals surface area contributed by atoms with E-state index in [0.717, 1.165) is 70.6 Å². The molecule has 0 radical (unpaired) electrons. The molecule has 1 atom stereocenters. The molecule has 0 fully saturated rings. The third-order valence-electron chi connectivity index (χ3n) is 5.47. The maximum Gasteiger partial charge on any atom is 0.503 e. The topological polar surface area (TPSA) is 36.9 Å². The molecule has 0 aliphatic heterocycles. The molecular formula is C22H50O4Si2. The Kier molecular flexibility index (Phi) is 17.2. The van der Waals surface area contributed by atoms with E-state index in [2.05, 4.69) is 48.5 Å². The molecule has 0 N–H and O–H groups in total. The van der Waals surface area contributed by atoms with Crippen molar-refractivity contribution in [2.24, 2.45) is 0 Å². The Morgan fingerprint density at radius 3 is 1.32 bits per heavy atom. The Hall–Kier alpha value is 0.274. The van der Waals surface area contributed by atoms with Gasteiger partial charge in [0.15, 0.2) is 8.32 Å². The molecule has 170 valence electrons. The monoisotopic (exact) mass is 434 g/mol. The molecule has 0 saturated carbocycles. The summed E-state index contributed by atoms with van der Waals surface area (Å²) in [7, 11) is -4.87. The van der Waals surface area contributed by atoms with Gasteiger partial charge in [0.1, 0.15) is 0 Å². The van der Waals surface area contributed by atoms with Crippen LogP contribution in [0, 0.1) is 0 Å². The fraction of sp³-hybridized carbons (Fsp3) is 1.00. The molecule has 0 amide bonds. The van der Waals surface area contributed by atoms with E-state index >= 15 is 0 Å². The summed E-state index contributed by atoms with van der Waals surface area (Å²) in [5.74, 6) is 0. The average molecular weight is 435 g/mol. The highest BCUT2D eigenvalue weighted by molar-refractivity contribution is 6.89. The van der Waals surface area contributed by atoms with E-state index in [9.17, 15) is 0 Å². The van der Waals surface area contributed by atoms with Gasteiger partial charge < -0.3 is 17.7 Å². The van der Waals surface area contributed by atoms with E-state index in [0.29, 0.717) is 5.16 Å². The maximum atomic E-state index is 6.75. The van der Waals surface area contributed by atoms with Gasteiger partial charge in [-0.05, 0) is 44.2 Å². The minimum atomic E-state index is -2.83. The van der Waals surface area contributed by atoms with Crippen LogP contribution < -0.4 is 0 Å². The van der Waals surface area contributed by atoms with Gasteiger partial charge in [-0.25, -0.2) is 0 Å². The second-order valence-electron chi connectivity index (χ2n) is 7.82. The highest BCUT2D eigenvalue weighted by atomic mass is 28.4. The third-order valence-corrected chi connectivity index (χ3v) is 15.8. The van der Waals surface area contributed by atoms with Crippen LogP contribution in [0.1, 0.15) is 99.8 Å². The minimum absolute atomic E-state index is 0.331. The summed E-state index contributed by atoms with van der Waals surface area (Å²) in [6.45, 7) is 18.6. The lowest BCUT2D eigenvalue weighted by molar-refractivity contribution is 0.0520. The van der Waals surface area contributed by atoms with Gasteiger partial charge in [0.05, 0.1) is 0 Å². The first-order chi connectivity index (χ1) is 13.6. The second-order valence-corrected chi connectivity index (χ2v) is 15.7. The van der Waals surface area contributed by atoms with Crippen molar-refractivity contribution >= 4 is 17.1 Å². The van der Waals surface area contributed by atoms with Gasteiger partial charge in [0.2, 0.25) is 0 Å². The first-order valence-corrected chi connectivity index (χ1v) is 16.3. The molecule has 6 heteroatoms. The molecule has 0 aliphatic rings. The Morgan fingerprint density at radius 1 is 0.536 bits per heavy atom. The number of unbranched alkanes of at least 4 members (excludes halogenated alkanes) is 2.